The van der Waals surface area contributed by atoms with Gasteiger partial charge in [0.15, 0.2) is 0 Å². The lowest BCUT2D eigenvalue weighted by atomic mass is 10.0. The summed E-state index contributed by atoms with van der Waals surface area (Å²) >= 11 is 0. The van der Waals surface area contributed by atoms with Crippen LogP contribution in [0.25, 0.3) is 0 Å². The van der Waals surface area contributed by atoms with Crippen LogP contribution in [0.5, 0.6) is 0 Å². The van der Waals surface area contributed by atoms with Gasteiger partial charge in [-0.3, -0.25) is 9.88 Å². The smallest absolute Gasteiger partial charge is 0.0570 e. The number of nitrogens with zero attached hydrogens (tertiary/aromatic N) is 2. The van der Waals surface area contributed by atoms with Gasteiger partial charge in [-0.25, -0.2) is 0 Å². The molecule has 2 aliphatic heterocycles. The van der Waals surface area contributed by atoms with E-state index in [9.17, 15) is 0 Å². The fourth-order valence-corrected chi connectivity index (χ4v) is 3.32. The van der Waals surface area contributed by atoms with Crippen LogP contribution >= 0.6 is 0 Å². The highest BCUT2D eigenvalue weighted by Crippen LogP contribution is 2.29. The second-order valence-electron chi connectivity index (χ2n) is 5.28. The molecule has 17 heavy (non-hydrogen) atoms. The van der Waals surface area contributed by atoms with Crippen LogP contribution in [0.4, 0.5) is 0 Å². The molecule has 3 atom stereocenters. The lowest BCUT2D eigenvalue weighted by Crippen LogP contribution is -2.40. The Morgan fingerprint density at radius 1 is 1.35 bits per heavy atom. The summed E-state index contributed by atoms with van der Waals surface area (Å²) in [5.41, 5.74) is 1.16. The molecule has 3 nitrogen and oxygen atoms in total. The van der Waals surface area contributed by atoms with Gasteiger partial charge in [0.25, 0.3) is 0 Å². The Morgan fingerprint density at radius 2 is 2.29 bits per heavy atom. The monoisotopic (exact) mass is 231 g/mol. The van der Waals surface area contributed by atoms with Crippen LogP contribution in [0.15, 0.2) is 24.4 Å². The van der Waals surface area contributed by atoms with Crippen molar-refractivity contribution >= 4 is 0 Å². The highest BCUT2D eigenvalue weighted by Gasteiger charge is 2.37. The van der Waals surface area contributed by atoms with Gasteiger partial charge in [-0.1, -0.05) is 6.07 Å². The zero-order valence-electron chi connectivity index (χ0n) is 10.5. The summed E-state index contributed by atoms with van der Waals surface area (Å²) < 4.78 is 0. The number of pyridine rings is 1. The van der Waals surface area contributed by atoms with Gasteiger partial charge in [-0.2, -0.15) is 0 Å². The van der Waals surface area contributed by atoms with Crippen LogP contribution in [0.3, 0.4) is 0 Å². The van der Waals surface area contributed by atoms with E-state index in [0.717, 1.165) is 11.7 Å². The average molecular weight is 231 g/mol. The molecule has 0 saturated carbocycles. The lowest BCUT2D eigenvalue weighted by molar-refractivity contribution is 0.290. The molecule has 1 N–H and O–H groups in total. The number of hydrogen-bond acceptors (Lipinski definition) is 3. The van der Waals surface area contributed by atoms with E-state index in [-0.39, 0.29) is 0 Å². The van der Waals surface area contributed by atoms with Crippen molar-refractivity contribution in [3.8, 4) is 0 Å². The predicted molar refractivity (Wildman–Crippen MR) is 68.8 cm³/mol. The molecule has 3 heteroatoms. The largest absolute Gasteiger partial charge is 0.304 e. The van der Waals surface area contributed by atoms with Gasteiger partial charge >= 0.3 is 0 Å². The van der Waals surface area contributed by atoms with E-state index in [1.165, 1.54) is 32.4 Å². The number of rotatable bonds is 3. The Labute approximate surface area is 103 Å². The number of nitrogens with one attached hydrogen (secondary N) is 1. The fourth-order valence-electron chi connectivity index (χ4n) is 3.32. The first-order chi connectivity index (χ1) is 8.34. The second kappa shape index (κ2) is 4.75. The summed E-state index contributed by atoms with van der Waals surface area (Å²) in [5, 5.41) is 3.76. The molecule has 2 saturated heterocycles. The molecule has 1 aromatic rings. The topological polar surface area (TPSA) is 28.2 Å². The van der Waals surface area contributed by atoms with E-state index in [1.54, 1.807) is 0 Å². The summed E-state index contributed by atoms with van der Waals surface area (Å²) in [6, 6.07) is 7.96. The van der Waals surface area contributed by atoms with Crippen LogP contribution in [0.2, 0.25) is 0 Å². The second-order valence-corrected chi connectivity index (χ2v) is 5.28. The van der Waals surface area contributed by atoms with Gasteiger partial charge in [0.1, 0.15) is 0 Å². The Morgan fingerprint density at radius 3 is 3.12 bits per heavy atom. The highest BCUT2D eigenvalue weighted by molar-refractivity contribution is 5.09. The van der Waals surface area contributed by atoms with Gasteiger partial charge in [0.2, 0.25) is 0 Å². The first-order valence-corrected chi connectivity index (χ1v) is 6.75. The summed E-state index contributed by atoms with van der Waals surface area (Å²) in [4.78, 5) is 7.07. The summed E-state index contributed by atoms with van der Waals surface area (Å²) in [6.45, 7) is 4.80. The molecule has 0 spiro atoms. The molecule has 3 rings (SSSR count). The molecular weight excluding hydrogens is 210 g/mol. The number of aromatic nitrogens is 1. The van der Waals surface area contributed by atoms with Gasteiger partial charge < -0.3 is 5.32 Å². The summed E-state index contributed by atoms with van der Waals surface area (Å²) in [5.74, 6) is 0. The van der Waals surface area contributed by atoms with E-state index in [0.29, 0.717) is 12.1 Å². The molecule has 0 bridgehead atoms. The SMILES string of the molecule is C[C@H](NC1CCN2CCCC12)c1ccccn1. The Hall–Kier alpha value is -0.930. The van der Waals surface area contributed by atoms with Crippen LogP contribution in [-0.4, -0.2) is 35.1 Å². The minimum absolute atomic E-state index is 0.363. The molecule has 2 aliphatic rings. The molecular formula is C14H21N3. The zero-order valence-corrected chi connectivity index (χ0v) is 10.5. The van der Waals surface area contributed by atoms with Crippen molar-refractivity contribution in [1.82, 2.24) is 15.2 Å². The normalized spacial score (nSPS) is 30.4. The third kappa shape index (κ3) is 2.22. The molecule has 0 aliphatic carbocycles. The van der Waals surface area contributed by atoms with E-state index in [4.69, 9.17) is 0 Å². The third-order valence-corrected chi connectivity index (χ3v) is 4.20. The first kappa shape index (κ1) is 11.2. The molecule has 92 valence electrons. The van der Waals surface area contributed by atoms with Gasteiger partial charge in [0, 0.05) is 30.9 Å². The van der Waals surface area contributed by atoms with Crippen molar-refractivity contribution in [3.63, 3.8) is 0 Å². The van der Waals surface area contributed by atoms with Crippen molar-refractivity contribution in [2.75, 3.05) is 13.1 Å². The molecule has 3 heterocycles. The molecule has 1 aromatic heterocycles. The Balaban J connectivity index is 1.64. The van der Waals surface area contributed by atoms with Crippen LogP contribution in [-0.2, 0) is 0 Å². The van der Waals surface area contributed by atoms with Gasteiger partial charge in [0.05, 0.1) is 5.69 Å². The molecule has 2 unspecified atom stereocenters. The highest BCUT2D eigenvalue weighted by atomic mass is 15.2. The predicted octanol–water partition coefficient (Wildman–Crippen LogP) is 1.97. The Bertz CT molecular complexity index is 365. The third-order valence-electron chi connectivity index (χ3n) is 4.20. The van der Waals surface area contributed by atoms with Crippen molar-refractivity contribution in [3.05, 3.63) is 30.1 Å². The summed E-state index contributed by atoms with van der Waals surface area (Å²) in [6.07, 6.45) is 5.92. The molecule has 2 fully saturated rings. The first-order valence-electron chi connectivity index (χ1n) is 6.75. The van der Waals surface area contributed by atoms with Crippen molar-refractivity contribution in [2.45, 2.75) is 44.3 Å². The number of hydrogen-bond donors (Lipinski definition) is 1. The van der Waals surface area contributed by atoms with Gasteiger partial charge in [-0.05, 0) is 44.9 Å². The summed E-state index contributed by atoms with van der Waals surface area (Å²) in [7, 11) is 0. The fraction of sp³-hybridized carbons (Fsp3) is 0.643. The van der Waals surface area contributed by atoms with Crippen LogP contribution < -0.4 is 5.32 Å². The maximum Gasteiger partial charge on any atom is 0.0570 e. The van der Waals surface area contributed by atoms with Gasteiger partial charge in [-0.15, -0.1) is 0 Å². The maximum absolute atomic E-state index is 4.43. The minimum atomic E-state index is 0.363. The number of fused-ring (bicyclic) bond motifs is 1. The minimum Gasteiger partial charge on any atom is -0.304 e. The van der Waals surface area contributed by atoms with Crippen LogP contribution in [0.1, 0.15) is 37.9 Å². The standard InChI is InChI=1S/C14H21N3/c1-11(12-5-2-3-8-15-12)16-13-7-10-17-9-4-6-14(13)17/h2-3,5,8,11,13-14,16H,4,6-7,9-10H2,1H3/t11-,13?,14?/m0/s1. The van der Waals surface area contributed by atoms with E-state index >= 15 is 0 Å². The quantitative estimate of drug-likeness (QED) is 0.862. The maximum atomic E-state index is 4.43. The van der Waals surface area contributed by atoms with Crippen molar-refractivity contribution < 1.29 is 0 Å². The van der Waals surface area contributed by atoms with Crippen LogP contribution in [0, 0.1) is 0 Å². The lowest BCUT2D eigenvalue weighted by Gasteiger charge is -2.24. The van der Waals surface area contributed by atoms with E-state index < -0.39 is 0 Å². The van der Waals surface area contributed by atoms with E-state index in [2.05, 4.69) is 34.3 Å². The average Bonchev–Trinajstić information content (AvgIpc) is 2.95. The van der Waals surface area contributed by atoms with Crippen molar-refractivity contribution in [1.29, 1.82) is 0 Å². The molecule has 0 aromatic carbocycles. The molecule has 0 radical (unpaired) electrons. The van der Waals surface area contributed by atoms with E-state index in [1.807, 2.05) is 12.3 Å². The molecule has 0 amide bonds. The van der Waals surface area contributed by atoms with Crippen molar-refractivity contribution in [2.24, 2.45) is 0 Å². The zero-order chi connectivity index (χ0) is 11.7. The Kier molecular flexibility index (Phi) is 3.12.